The summed E-state index contributed by atoms with van der Waals surface area (Å²) in [6, 6.07) is 7.44. The zero-order chi connectivity index (χ0) is 16.7. The first kappa shape index (κ1) is 17.5. The maximum atomic E-state index is 12.0. The van der Waals surface area contributed by atoms with Crippen molar-refractivity contribution in [2.24, 2.45) is 5.73 Å². The van der Waals surface area contributed by atoms with E-state index in [0.29, 0.717) is 26.2 Å². The normalized spacial score (nSPS) is 12.7. The molecule has 6 nitrogen and oxygen atoms in total. The van der Waals surface area contributed by atoms with Crippen molar-refractivity contribution in [3.8, 4) is 0 Å². The van der Waals surface area contributed by atoms with Crippen molar-refractivity contribution in [1.82, 2.24) is 15.2 Å². The van der Waals surface area contributed by atoms with Gasteiger partial charge in [0.1, 0.15) is 0 Å². The highest BCUT2D eigenvalue weighted by molar-refractivity contribution is 5.86. The van der Waals surface area contributed by atoms with Crippen molar-refractivity contribution < 1.29 is 9.53 Å². The lowest BCUT2D eigenvalue weighted by molar-refractivity contribution is -0.122. The Morgan fingerprint density at radius 3 is 2.91 bits per heavy atom. The molecule has 0 radical (unpaired) electrons. The Morgan fingerprint density at radius 2 is 2.13 bits per heavy atom. The van der Waals surface area contributed by atoms with E-state index in [-0.39, 0.29) is 5.91 Å². The lowest BCUT2D eigenvalue weighted by Crippen LogP contribution is -2.43. The summed E-state index contributed by atoms with van der Waals surface area (Å²) in [6.45, 7) is 2.51. The van der Waals surface area contributed by atoms with E-state index in [0.717, 1.165) is 23.0 Å². The van der Waals surface area contributed by atoms with Crippen LogP contribution in [0.5, 0.6) is 0 Å². The van der Waals surface area contributed by atoms with Crippen LogP contribution in [0.15, 0.2) is 30.5 Å². The molecule has 0 saturated heterocycles. The molecule has 0 spiro atoms. The second kappa shape index (κ2) is 8.67. The number of amides is 1. The summed E-state index contributed by atoms with van der Waals surface area (Å²) in [5, 5.41) is 3.93. The SMILES string of the molecule is CN(C)CCOCCNC(=O)[C@@H](N)Cc1c[nH]c2ccccc12. The monoisotopic (exact) mass is 318 g/mol. The number of likely N-dealkylation sites (N-methyl/N-ethyl adjacent to an activating group) is 1. The maximum absolute atomic E-state index is 12.0. The van der Waals surface area contributed by atoms with Crippen molar-refractivity contribution in [3.05, 3.63) is 36.0 Å². The third-order valence-corrected chi connectivity index (χ3v) is 3.68. The van der Waals surface area contributed by atoms with Crippen LogP contribution in [-0.4, -0.2) is 62.2 Å². The smallest absolute Gasteiger partial charge is 0.237 e. The van der Waals surface area contributed by atoms with E-state index in [4.69, 9.17) is 10.5 Å². The van der Waals surface area contributed by atoms with Gasteiger partial charge in [-0.2, -0.15) is 0 Å². The lowest BCUT2D eigenvalue weighted by atomic mass is 10.1. The fourth-order valence-corrected chi connectivity index (χ4v) is 2.36. The molecule has 0 aliphatic rings. The molecule has 0 unspecified atom stereocenters. The predicted molar refractivity (Wildman–Crippen MR) is 92.4 cm³/mol. The number of rotatable bonds is 9. The number of nitrogens with zero attached hydrogens (tertiary/aromatic N) is 1. The predicted octanol–water partition coefficient (Wildman–Crippen LogP) is 0.732. The number of para-hydroxylation sites is 1. The van der Waals surface area contributed by atoms with Gasteiger partial charge in [0.2, 0.25) is 5.91 Å². The standard InChI is InChI=1S/C17H26N4O2/c1-21(2)8-10-23-9-7-19-17(22)15(18)11-13-12-20-16-6-4-3-5-14(13)16/h3-6,12,15,20H,7-11,18H2,1-2H3,(H,19,22)/t15-/m0/s1. The first-order chi connectivity index (χ1) is 11.1. The maximum Gasteiger partial charge on any atom is 0.237 e. The van der Waals surface area contributed by atoms with Crippen LogP contribution in [0.4, 0.5) is 0 Å². The molecule has 2 rings (SSSR count). The number of nitrogens with two attached hydrogens (primary N) is 1. The van der Waals surface area contributed by atoms with E-state index in [1.807, 2.05) is 44.6 Å². The zero-order valence-electron chi connectivity index (χ0n) is 13.8. The number of carbonyl (C=O) groups is 1. The van der Waals surface area contributed by atoms with E-state index < -0.39 is 6.04 Å². The molecule has 1 aromatic heterocycles. The highest BCUT2D eigenvalue weighted by atomic mass is 16.5. The Balaban J connectivity index is 1.73. The third-order valence-electron chi connectivity index (χ3n) is 3.68. The molecule has 0 aliphatic heterocycles. The van der Waals surface area contributed by atoms with Gasteiger partial charge in [-0.3, -0.25) is 4.79 Å². The second-order valence-corrected chi connectivity index (χ2v) is 5.88. The van der Waals surface area contributed by atoms with Crippen LogP contribution in [0.1, 0.15) is 5.56 Å². The van der Waals surface area contributed by atoms with Gasteiger partial charge in [-0.25, -0.2) is 0 Å². The summed E-state index contributed by atoms with van der Waals surface area (Å²) in [4.78, 5) is 17.3. The number of aromatic amines is 1. The fourth-order valence-electron chi connectivity index (χ4n) is 2.36. The van der Waals surface area contributed by atoms with Crippen LogP contribution in [0.2, 0.25) is 0 Å². The van der Waals surface area contributed by atoms with Crippen LogP contribution in [0.25, 0.3) is 10.9 Å². The fraction of sp³-hybridized carbons (Fsp3) is 0.471. The van der Waals surface area contributed by atoms with Crippen LogP contribution >= 0.6 is 0 Å². The molecule has 0 fully saturated rings. The average Bonchev–Trinajstić information content (AvgIpc) is 2.93. The Kier molecular flexibility index (Phi) is 6.58. The van der Waals surface area contributed by atoms with Gasteiger partial charge in [0, 0.05) is 30.2 Å². The average molecular weight is 318 g/mol. The highest BCUT2D eigenvalue weighted by Gasteiger charge is 2.15. The van der Waals surface area contributed by atoms with Gasteiger partial charge in [0.25, 0.3) is 0 Å². The number of benzene rings is 1. The number of nitrogens with one attached hydrogen (secondary N) is 2. The van der Waals surface area contributed by atoms with Crippen LogP contribution in [0, 0.1) is 0 Å². The summed E-state index contributed by atoms with van der Waals surface area (Å²) in [5.74, 6) is -0.147. The van der Waals surface area contributed by atoms with Gasteiger partial charge in [-0.05, 0) is 32.1 Å². The summed E-state index contributed by atoms with van der Waals surface area (Å²) < 4.78 is 5.44. The highest BCUT2D eigenvalue weighted by Crippen LogP contribution is 2.18. The Bertz CT molecular complexity index is 624. The number of fused-ring (bicyclic) bond motifs is 1. The first-order valence-electron chi connectivity index (χ1n) is 7.88. The lowest BCUT2D eigenvalue weighted by Gasteiger charge is -2.13. The van der Waals surface area contributed by atoms with E-state index in [1.165, 1.54) is 0 Å². The molecule has 23 heavy (non-hydrogen) atoms. The topological polar surface area (TPSA) is 83.4 Å². The number of hydrogen-bond donors (Lipinski definition) is 3. The van der Waals surface area contributed by atoms with Crippen LogP contribution in [-0.2, 0) is 16.0 Å². The van der Waals surface area contributed by atoms with E-state index >= 15 is 0 Å². The Morgan fingerprint density at radius 1 is 1.35 bits per heavy atom. The summed E-state index contributed by atoms with van der Waals surface area (Å²) in [5.41, 5.74) is 8.13. The molecule has 126 valence electrons. The van der Waals surface area contributed by atoms with Gasteiger partial charge in [-0.1, -0.05) is 18.2 Å². The van der Waals surface area contributed by atoms with Gasteiger partial charge < -0.3 is 25.7 Å². The number of aromatic nitrogens is 1. The van der Waals surface area contributed by atoms with Crippen molar-refractivity contribution in [2.75, 3.05) is 40.4 Å². The second-order valence-electron chi connectivity index (χ2n) is 5.88. The molecule has 1 amide bonds. The first-order valence-corrected chi connectivity index (χ1v) is 7.88. The summed E-state index contributed by atoms with van der Waals surface area (Å²) in [6.07, 6.45) is 2.43. The minimum absolute atomic E-state index is 0.147. The van der Waals surface area contributed by atoms with Crippen LogP contribution in [0.3, 0.4) is 0 Å². The number of hydrogen-bond acceptors (Lipinski definition) is 4. The van der Waals surface area contributed by atoms with E-state index in [2.05, 4.69) is 15.2 Å². The molecule has 0 bridgehead atoms. The molecular formula is C17H26N4O2. The quantitative estimate of drug-likeness (QED) is 0.595. The van der Waals surface area contributed by atoms with Gasteiger partial charge in [0.05, 0.1) is 19.3 Å². The molecule has 2 aromatic rings. The van der Waals surface area contributed by atoms with Gasteiger partial charge in [0.15, 0.2) is 0 Å². The van der Waals surface area contributed by atoms with E-state index in [9.17, 15) is 4.79 Å². The largest absolute Gasteiger partial charge is 0.378 e. The Hall–Kier alpha value is -1.89. The zero-order valence-corrected chi connectivity index (χ0v) is 13.8. The third kappa shape index (κ3) is 5.35. The molecule has 1 heterocycles. The molecule has 0 aliphatic carbocycles. The molecular weight excluding hydrogens is 292 g/mol. The number of carbonyl (C=O) groups excluding carboxylic acids is 1. The number of ether oxygens (including phenoxy) is 1. The summed E-state index contributed by atoms with van der Waals surface area (Å²) in [7, 11) is 3.99. The molecule has 0 saturated carbocycles. The van der Waals surface area contributed by atoms with E-state index in [1.54, 1.807) is 0 Å². The number of H-pyrrole nitrogens is 1. The van der Waals surface area contributed by atoms with Crippen molar-refractivity contribution in [2.45, 2.75) is 12.5 Å². The van der Waals surface area contributed by atoms with Gasteiger partial charge in [-0.15, -0.1) is 0 Å². The molecule has 1 atom stereocenters. The van der Waals surface area contributed by atoms with Crippen LogP contribution < -0.4 is 11.1 Å². The molecule has 6 heteroatoms. The van der Waals surface area contributed by atoms with Gasteiger partial charge >= 0.3 is 0 Å². The minimum Gasteiger partial charge on any atom is -0.378 e. The molecule has 4 N–H and O–H groups in total. The minimum atomic E-state index is -0.559. The Labute approximate surface area is 137 Å². The van der Waals surface area contributed by atoms with Crippen molar-refractivity contribution in [1.29, 1.82) is 0 Å². The van der Waals surface area contributed by atoms with Crippen molar-refractivity contribution in [3.63, 3.8) is 0 Å². The summed E-state index contributed by atoms with van der Waals surface area (Å²) >= 11 is 0. The molecule has 1 aromatic carbocycles. The van der Waals surface area contributed by atoms with Crippen molar-refractivity contribution >= 4 is 16.8 Å².